The molecule has 0 aromatic carbocycles. The molecule has 1 fully saturated rings. The van der Waals surface area contributed by atoms with E-state index in [4.69, 9.17) is 4.74 Å². The van der Waals surface area contributed by atoms with Crippen molar-refractivity contribution in [1.29, 1.82) is 0 Å². The number of nitrogens with zero attached hydrogens (tertiary/aromatic N) is 1. The Balaban J connectivity index is 1.79. The van der Waals surface area contributed by atoms with Gasteiger partial charge in [-0.1, -0.05) is 0 Å². The predicted molar refractivity (Wildman–Crippen MR) is 63.7 cm³/mol. The van der Waals surface area contributed by atoms with E-state index in [1.165, 1.54) is 4.88 Å². The van der Waals surface area contributed by atoms with E-state index in [-0.39, 0.29) is 0 Å². The molecule has 2 rings (SSSR count). The molecule has 1 unspecified atom stereocenters. The molecule has 1 aromatic rings. The number of rotatable bonds is 4. The van der Waals surface area contributed by atoms with Gasteiger partial charge in [0.05, 0.1) is 12.3 Å². The summed E-state index contributed by atoms with van der Waals surface area (Å²) in [6.45, 7) is 6.50. The minimum absolute atomic E-state index is 0.440. The lowest BCUT2D eigenvalue weighted by Crippen LogP contribution is -2.40. The molecule has 2 N–H and O–H groups in total. The van der Waals surface area contributed by atoms with Crippen molar-refractivity contribution in [1.82, 2.24) is 10.3 Å². The third kappa shape index (κ3) is 2.79. The molecule has 1 aliphatic rings. The zero-order valence-corrected chi connectivity index (χ0v) is 10.6. The first-order valence-corrected chi connectivity index (χ1v) is 6.34. The number of aliphatic hydroxyl groups is 1. The van der Waals surface area contributed by atoms with E-state index < -0.39 is 5.60 Å². The van der Waals surface area contributed by atoms with Gasteiger partial charge in [0, 0.05) is 31.0 Å². The Kier molecular flexibility index (Phi) is 3.59. The highest BCUT2D eigenvalue weighted by atomic mass is 32.1. The van der Waals surface area contributed by atoms with E-state index in [1.807, 2.05) is 6.92 Å². The topological polar surface area (TPSA) is 54.4 Å². The van der Waals surface area contributed by atoms with Crippen molar-refractivity contribution in [3.05, 3.63) is 15.6 Å². The number of thiazole rings is 1. The van der Waals surface area contributed by atoms with Crippen molar-refractivity contribution in [3.63, 3.8) is 0 Å². The Hall–Kier alpha value is -0.490. The van der Waals surface area contributed by atoms with Gasteiger partial charge < -0.3 is 15.2 Å². The summed E-state index contributed by atoms with van der Waals surface area (Å²) in [5.74, 6) is 0. The second-order valence-electron chi connectivity index (χ2n) is 4.38. The maximum atomic E-state index is 10.0. The summed E-state index contributed by atoms with van der Waals surface area (Å²) in [7, 11) is 0. The van der Waals surface area contributed by atoms with Crippen LogP contribution < -0.4 is 5.32 Å². The molecule has 16 heavy (non-hydrogen) atoms. The summed E-state index contributed by atoms with van der Waals surface area (Å²) in [6, 6.07) is 0. The van der Waals surface area contributed by atoms with Crippen LogP contribution in [0, 0.1) is 13.8 Å². The van der Waals surface area contributed by atoms with Crippen molar-refractivity contribution < 1.29 is 9.84 Å². The zero-order valence-electron chi connectivity index (χ0n) is 9.75. The largest absolute Gasteiger partial charge is 0.386 e. The Labute approximate surface area is 99.7 Å². The van der Waals surface area contributed by atoms with Gasteiger partial charge in [0.1, 0.15) is 10.6 Å². The van der Waals surface area contributed by atoms with Crippen LogP contribution in [0.25, 0.3) is 0 Å². The number of aromatic nitrogens is 1. The minimum atomic E-state index is -0.679. The summed E-state index contributed by atoms with van der Waals surface area (Å²) >= 11 is 1.71. The first-order valence-electron chi connectivity index (χ1n) is 5.53. The zero-order chi connectivity index (χ0) is 11.6. The number of hydrogen-bond acceptors (Lipinski definition) is 5. The predicted octanol–water partition coefficient (Wildman–Crippen LogP) is 1.00. The number of aryl methyl sites for hydroxylation is 2. The van der Waals surface area contributed by atoms with Gasteiger partial charge in [0.25, 0.3) is 0 Å². The van der Waals surface area contributed by atoms with Gasteiger partial charge in [-0.2, -0.15) is 0 Å². The highest BCUT2D eigenvalue weighted by molar-refractivity contribution is 7.11. The highest BCUT2D eigenvalue weighted by Gasteiger charge is 2.31. The van der Waals surface area contributed by atoms with Crippen molar-refractivity contribution in [3.8, 4) is 0 Å². The van der Waals surface area contributed by atoms with Crippen LogP contribution in [0.3, 0.4) is 0 Å². The van der Waals surface area contributed by atoms with Gasteiger partial charge in [-0.3, -0.25) is 0 Å². The molecular formula is C11H18N2O2S. The van der Waals surface area contributed by atoms with Crippen LogP contribution in [0.1, 0.15) is 22.0 Å². The van der Waals surface area contributed by atoms with Crippen LogP contribution in [-0.4, -0.2) is 35.5 Å². The highest BCUT2D eigenvalue weighted by Crippen LogP contribution is 2.18. The lowest BCUT2D eigenvalue weighted by molar-refractivity contribution is 0.0268. The van der Waals surface area contributed by atoms with Crippen LogP contribution in [0.5, 0.6) is 0 Å². The quantitative estimate of drug-likeness (QED) is 0.827. The smallest absolute Gasteiger partial charge is 0.107 e. The molecule has 0 bridgehead atoms. The molecule has 1 saturated heterocycles. The molecule has 1 atom stereocenters. The molecule has 0 amide bonds. The molecular weight excluding hydrogens is 224 g/mol. The van der Waals surface area contributed by atoms with Gasteiger partial charge in [-0.25, -0.2) is 4.98 Å². The summed E-state index contributed by atoms with van der Waals surface area (Å²) in [5, 5.41) is 14.3. The van der Waals surface area contributed by atoms with Crippen LogP contribution in [0.2, 0.25) is 0 Å². The maximum absolute atomic E-state index is 10.0. The fourth-order valence-electron chi connectivity index (χ4n) is 1.75. The molecule has 1 aromatic heterocycles. The molecule has 5 heteroatoms. The van der Waals surface area contributed by atoms with E-state index in [9.17, 15) is 5.11 Å². The third-order valence-corrected chi connectivity index (χ3v) is 3.96. The van der Waals surface area contributed by atoms with Gasteiger partial charge >= 0.3 is 0 Å². The van der Waals surface area contributed by atoms with E-state index in [0.29, 0.717) is 19.8 Å². The Morgan fingerprint density at radius 3 is 2.94 bits per heavy atom. The van der Waals surface area contributed by atoms with Crippen LogP contribution in [0.15, 0.2) is 0 Å². The number of hydrogen-bond donors (Lipinski definition) is 2. The number of nitrogens with one attached hydrogen (secondary N) is 1. The second-order valence-corrected chi connectivity index (χ2v) is 5.67. The average molecular weight is 242 g/mol. The summed E-state index contributed by atoms with van der Waals surface area (Å²) in [6.07, 6.45) is 0.718. The van der Waals surface area contributed by atoms with E-state index in [0.717, 1.165) is 23.7 Å². The molecule has 0 radical (unpaired) electrons. The Morgan fingerprint density at radius 1 is 1.56 bits per heavy atom. The normalized spacial score (nSPS) is 25.2. The standard InChI is InChI=1S/C11H18N2O2S/c1-8-9(2)16-10(13-8)5-12-6-11(14)3-4-15-7-11/h12,14H,3-7H2,1-2H3. The maximum Gasteiger partial charge on any atom is 0.107 e. The van der Waals surface area contributed by atoms with Gasteiger partial charge in [-0.05, 0) is 13.8 Å². The van der Waals surface area contributed by atoms with Crippen molar-refractivity contribution >= 4 is 11.3 Å². The van der Waals surface area contributed by atoms with E-state index in [2.05, 4.69) is 17.2 Å². The molecule has 0 saturated carbocycles. The lowest BCUT2D eigenvalue weighted by Gasteiger charge is -2.20. The molecule has 0 aliphatic carbocycles. The molecule has 0 spiro atoms. The van der Waals surface area contributed by atoms with E-state index >= 15 is 0 Å². The first kappa shape index (κ1) is 12.0. The van der Waals surface area contributed by atoms with Crippen LogP contribution in [-0.2, 0) is 11.3 Å². The monoisotopic (exact) mass is 242 g/mol. The summed E-state index contributed by atoms with van der Waals surface area (Å²) < 4.78 is 5.18. The fraction of sp³-hybridized carbons (Fsp3) is 0.727. The third-order valence-electron chi connectivity index (χ3n) is 2.89. The average Bonchev–Trinajstić information content (AvgIpc) is 2.76. The molecule has 4 nitrogen and oxygen atoms in total. The SMILES string of the molecule is Cc1nc(CNCC2(O)CCOC2)sc1C. The summed E-state index contributed by atoms with van der Waals surface area (Å²) in [5.41, 5.74) is 0.422. The van der Waals surface area contributed by atoms with E-state index in [1.54, 1.807) is 11.3 Å². The van der Waals surface area contributed by atoms with Crippen molar-refractivity contribution in [2.75, 3.05) is 19.8 Å². The number of ether oxygens (including phenoxy) is 1. The Morgan fingerprint density at radius 2 is 2.38 bits per heavy atom. The molecule has 2 heterocycles. The molecule has 1 aliphatic heterocycles. The molecule has 90 valence electrons. The second kappa shape index (κ2) is 4.79. The lowest BCUT2D eigenvalue weighted by atomic mass is 10.0. The van der Waals surface area contributed by atoms with Crippen molar-refractivity contribution in [2.24, 2.45) is 0 Å². The van der Waals surface area contributed by atoms with Gasteiger partial charge in [0.15, 0.2) is 0 Å². The van der Waals surface area contributed by atoms with Gasteiger partial charge in [0.2, 0.25) is 0 Å². The van der Waals surface area contributed by atoms with Crippen LogP contribution >= 0.6 is 11.3 Å². The minimum Gasteiger partial charge on any atom is -0.386 e. The summed E-state index contributed by atoms with van der Waals surface area (Å²) in [4.78, 5) is 5.70. The van der Waals surface area contributed by atoms with Crippen LogP contribution in [0.4, 0.5) is 0 Å². The first-order chi connectivity index (χ1) is 7.59. The Bertz CT molecular complexity index is 339. The van der Waals surface area contributed by atoms with Gasteiger partial charge in [-0.15, -0.1) is 11.3 Å². The fourth-order valence-corrected chi connectivity index (χ4v) is 2.66. The van der Waals surface area contributed by atoms with Crippen molar-refractivity contribution in [2.45, 2.75) is 32.4 Å².